The van der Waals surface area contributed by atoms with Crippen LogP contribution in [0.1, 0.15) is 34.7 Å². The van der Waals surface area contributed by atoms with Crippen molar-refractivity contribution in [3.05, 3.63) is 75.8 Å². The minimum absolute atomic E-state index is 0.0133. The lowest BCUT2D eigenvalue weighted by Crippen LogP contribution is -2.29. The highest BCUT2D eigenvalue weighted by molar-refractivity contribution is 7.16. The molecule has 0 radical (unpaired) electrons. The fourth-order valence-electron chi connectivity index (χ4n) is 3.63. The van der Waals surface area contributed by atoms with Gasteiger partial charge in [-0.05, 0) is 62.7 Å². The molecule has 0 aliphatic carbocycles. The number of rotatable bonds is 5. The third-order valence-electron chi connectivity index (χ3n) is 5.29. The summed E-state index contributed by atoms with van der Waals surface area (Å²) in [5, 5.41) is 21.5. The lowest BCUT2D eigenvalue weighted by atomic mass is 9.95. The summed E-state index contributed by atoms with van der Waals surface area (Å²) in [5.74, 6) is -1.27. The molecule has 0 unspecified atom stereocenters. The molecule has 7 nitrogen and oxygen atoms in total. The average Bonchev–Trinajstić information content (AvgIpc) is 3.24. The highest BCUT2D eigenvalue weighted by Crippen LogP contribution is 2.44. The number of thiazole rings is 1. The second-order valence-corrected chi connectivity index (χ2v) is 8.54. The molecular weight excluding hydrogens is 428 g/mol. The number of amides is 1. The number of carbonyl (C=O) groups is 2. The molecule has 1 fully saturated rings. The molecule has 1 aliphatic heterocycles. The number of aromatic hydroxyl groups is 1. The van der Waals surface area contributed by atoms with E-state index in [1.165, 1.54) is 28.4 Å². The van der Waals surface area contributed by atoms with Crippen LogP contribution in [0.15, 0.2) is 54.1 Å². The van der Waals surface area contributed by atoms with Crippen molar-refractivity contribution in [2.45, 2.75) is 26.8 Å². The van der Waals surface area contributed by atoms with Crippen LogP contribution in [-0.2, 0) is 9.59 Å². The van der Waals surface area contributed by atoms with Crippen LogP contribution in [0, 0.1) is 13.8 Å². The van der Waals surface area contributed by atoms with Gasteiger partial charge in [-0.3, -0.25) is 14.5 Å². The number of aliphatic hydroxyl groups is 1. The molecule has 164 valence electrons. The zero-order valence-corrected chi connectivity index (χ0v) is 18.6. The van der Waals surface area contributed by atoms with Gasteiger partial charge in [0.1, 0.15) is 17.3 Å². The Hall–Kier alpha value is -3.65. The topological polar surface area (TPSA) is 100.0 Å². The van der Waals surface area contributed by atoms with Crippen molar-refractivity contribution in [3.63, 3.8) is 0 Å². The van der Waals surface area contributed by atoms with Crippen LogP contribution in [0.25, 0.3) is 5.76 Å². The van der Waals surface area contributed by atoms with Crippen LogP contribution in [0.4, 0.5) is 5.13 Å². The molecule has 4 rings (SSSR count). The van der Waals surface area contributed by atoms with Crippen LogP contribution in [0.5, 0.6) is 11.5 Å². The van der Waals surface area contributed by atoms with E-state index in [2.05, 4.69) is 4.98 Å². The van der Waals surface area contributed by atoms with E-state index in [1.54, 1.807) is 36.4 Å². The predicted octanol–water partition coefficient (Wildman–Crippen LogP) is 4.49. The van der Waals surface area contributed by atoms with E-state index >= 15 is 0 Å². The van der Waals surface area contributed by atoms with Crippen LogP contribution in [-0.4, -0.2) is 33.5 Å². The summed E-state index contributed by atoms with van der Waals surface area (Å²) < 4.78 is 5.43. The number of aliphatic hydroxyl groups excluding tert-OH is 1. The van der Waals surface area contributed by atoms with Crippen LogP contribution >= 0.6 is 11.3 Å². The lowest BCUT2D eigenvalue weighted by molar-refractivity contribution is -0.132. The number of carbonyl (C=O) groups excluding carboxylic acids is 2. The van der Waals surface area contributed by atoms with Crippen molar-refractivity contribution in [1.29, 1.82) is 0 Å². The molecule has 0 saturated carbocycles. The Kier molecular flexibility index (Phi) is 5.71. The molecule has 1 amide bonds. The third kappa shape index (κ3) is 3.73. The Morgan fingerprint density at radius 2 is 1.88 bits per heavy atom. The van der Waals surface area contributed by atoms with Gasteiger partial charge in [0.2, 0.25) is 0 Å². The van der Waals surface area contributed by atoms with Crippen molar-refractivity contribution in [2.75, 3.05) is 11.5 Å². The van der Waals surface area contributed by atoms with E-state index in [9.17, 15) is 19.8 Å². The normalized spacial score (nSPS) is 17.7. The number of anilines is 1. The first-order valence-electron chi connectivity index (χ1n) is 10.1. The largest absolute Gasteiger partial charge is 0.508 e. The maximum absolute atomic E-state index is 13.1. The predicted molar refractivity (Wildman–Crippen MR) is 122 cm³/mol. The van der Waals surface area contributed by atoms with Crippen LogP contribution in [0.3, 0.4) is 0 Å². The van der Waals surface area contributed by atoms with E-state index in [4.69, 9.17) is 4.74 Å². The molecule has 1 atom stereocenters. The minimum atomic E-state index is -0.932. The number of aromatic nitrogens is 1. The SMILES string of the molecule is CCOc1ccc(/C(O)=C2\C(=O)C(=O)N(c3nc(C)c(C)s3)[C@@H]2c2cccc(O)c2)cc1. The summed E-state index contributed by atoms with van der Waals surface area (Å²) >= 11 is 1.30. The average molecular weight is 451 g/mol. The van der Waals surface area contributed by atoms with Gasteiger partial charge in [-0.1, -0.05) is 12.1 Å². The number of ketones is 1. The van der Waals surface area contributed by atoms with Crippen molar-refractivity contribution in [3.8, 4) is 11.5 Å². The fourth-order valence-corrected chi connectivity index (χ4v) is 4.57. The Labute approximate surface area is 189 Å². The number of phenolic OH excluding ortho intramolecular Hbond substituents is 1. The van der Waals surface area contributed by atoms with E-state index in [1.807, 2.05) is 20.8 Å². The zero-order valence-electron chi connectivity index (χ0n) is 17.8. The summed E-state index contributed by atoms with van der Waals surface area (Å²) in [6, 6.07) is 12.0. The van der Waals surface area contributed by atoms with Gasteiger partial charge in [-0.15, -0.1) is 11.3 Å². The number of hydrogen-bond acceptors (Lipinski definition) is 7. The molecule has 32 heavy (non-hydrogen) atoms. The standard InChI is InChI=1S/C24H22N2O5S/c1-4-31-18-10-8-15(9-11-18)21(28)19-20(16-6-5-7-17(27)12-16)26(23(30)22(19)29)24-25-13(2)14(3)32-24/h5-12,20,27-28H,4H2,1-3H3/b21-19+/t20-/m1/s1. The van der Waals surface area contributed by atoms with Crippen molar-refractivity contribution in [2.24, 2.45) is 0 Å². The molecule has 2 N–H and O–H groups in total. The molecule has 8 heteroatoms. The number of Topliss-reactive ketones (excluding diaryl/α,β-unsaturated/α-hetero) is 1. The van der Waals surface area contributed by atoms with Gasteiger partial charge in [0, 0.05) is 10.4 Å². The summed E-state index contributed by atoms with van der Waals surface area (Å²) in [5.41, 5.74) is 1.56. The molecule has 2 heterocycles. The Balaban J connectivity index is 1.90. The Bertz CT molecular complexity index is 1210. The number of aryl methyl sites for hydroxylation is 2. The van der Waals surface area contributed by atoms with Crippen LogP contribution < -0.4 is 9.64 Å². The lowest BCUT2D eigenvalue weighted by Gasteiger charge is -2.23. The van der Waals surface area contributed by atoms with Gasteiger partial charge in [-0.25, -0.2) is 4.98 Å². The molecule has 2 aromatic carbocycles. The van der Waals surface area contributed by atoms with Gasteiger partial charge < -0.3 is 14.9 Å². The monoisotopic (exact) mass is 450 g/mol. The van der Waals surface area contributed by atoms with Crippen LogP contribution in [0.2, 0.25) is 0 Å². The molecule has 1 saturated heterocycles. The second kappa shape index (κ2) is 8.47. The van der Waals surface area contributed by atoms with Gasteiger partial charge >= 0.3 is 5.91 Å². The number of hydrogen-bond donors (Lipinski definition) is 2. The number of benzene rings is 2. The van der Waals surface area contributed by atoms with Crippen molar-refractivity contribution < 1.29 is 24.5 Å². The summed E-state index contributed by atoms with van der Waals surface area (Å²) in [4.78, 5) is 32.9. The molecule has 0 bridgehead atoms. The molecule has 0 spiro atoms. The van der Waals surface area contributed by atoms with E-state index in [-0.39, 0.29) is 17.1 Å². The molecular formula is C24H22N2O5S. The van der Waals surface area contributed by atoms with E-state index in [0.717, 1.165) is 10.6 Å². The van der Waals surface area contributed by atoms with E-state index in [0.29, 0.717) is 28.6 Å². The maximum atomic E-state index is 13.1. The van der Waals surface area contributed by atoms with Gasteiger partial charge in [0.25, 0.3) is 5.78 Å². The highest BCUT2D eigenvalue weighted by atomic mass is 32.1. The highest BCUT2D eigenvalue weighted by Gasteiger charge is 2.48. The third-order valence-corrected chi connectivity index (χ3v) is 6.36. The van der Waals surface area contributed by atoms with Gasteiger partial charge in [0.15, 0.2) is 5.13 Å². The number of phenols is 1. The summed E-state index contributed by atoms with van der Waals surface area (Å²) in [6.45, 7) is 6.08. The smallest absolute Gasteiger partial charge is 0.301 e. The maximum Gasteiger partial charge on any atom is 0.301 e. The first-order valence-corrected chi connectivity index (χ1v) is 10.9. The van der Waals surface area contributed by atoms with E-state index < -0.39 is 17.7 Å². The summed E-state index contributed by atoms with van der Waals surface area (Å²) in [6.07, 6.45) is 0. The molecule has 1 aliphatic rings. The summed E-state index contributed by atoms with van der Waals surface area (Å²) in [7, 11) is 0. The minimum Gasteiger partial charge on any atom is -0.508 e. The van der Waals surface area contributed by atoms with Gasteiger partial charge in [0.05, 0.1) is 23.9 Å². The van der Waals surface area contributed by atoms with Crippen molar-refractivity contribution >= 4 is 33.9 Å². The first kappa shape index (κ1) is 21.6. The number of ether oxygens (including phenoxy) is 1. The second-order valence-electron chi connectivity index (χ2n) is 7.36. The Morgan fingerprint density at radius 1 is 1.16 bits per heavy atom. The quantitative estimate of drug-likeness (QED) is 0.338. The Morgan fingerprint density at radius 3 is 2.47 bits per heavy atom. The zero-order chi connectivity index (χ0) is 23.0. The van der Waals surface area contributed by atoms with Gasteiger partial charge in [-0.2, -0.15) is 0 Å². The first-order chi connectivity index (χ1) is 15.3. The van der Waals surface area contributed by atoms with Crippen molar-refractivity contribution in [1.82, 2.24) is 4.98 Å². The molecule has 1 aromatic heterocycles. The fraction of sp³-hybridized carbons (Fsp3) is 0.208. The molecule has 3 aromatic rings. The number of nitrogens with zero attached hydrogens (tertiary/aromatic N) is 2.